The quantitative estimate of drug-likeness (QED) is 0.480. The van der Waals surface area contributed by atoms with Gasteiger partial charge in [0.1, 0.15) is 5.75 Å². The van der Waals surface area contributed by atoms with E-state index in [2.05, 4.69) is 0 Å². The number of phenolic OH excluding ortho intramolecular Hbond substituents is 1. The molecule has 1 amide bonds. The minimum Gasteiger partial charge on any atom is -0.506 e. The second-order valence-electron chi connectivity index (χ2n) is 7.03. The number of aromatic hydroxyl groups is 1. The van der Waals surface area contributed by atoms with Gasteiger partial charge in [-0.05, 0) is 73.6 Å². The van der Waals surface area contributed by atoms with Crippen molar-refractivity contribution in [3.63, 3.8) is 0 Å². The molecule has 150 valence electrons. The van der Waals surface area contributed by atoms with E-state index >= 15 is 0 Å². The fourth-order valence-corrected chi connectivity index (χ4v) is 4.15. The number of amides is 1. The average Bonchev–Trinajstić information content (AvgIpc) is 3.02. The molecule has 0 spiro atoms. The molecule has 0 atom stereocenters. The molecule has 0 saturated carbocycles. The van der Waals surface area contributed by atoms with Crippen molar-refractivity contribution in [1.29, 1.82) is 0 Å². The number of hydrogen-bond donors (Lipinski definition) is 1. The van der Waals surface area contributed by atoms with Crippen molar-refractivity contribution < 1.29 is 9.90 Å². The van der Waals surface area contributed by atoms with E-state index in [4.69, 9.17) is 16.6 Å². The van der Waals surface area contributed by atoms with Crippen molar-refractivity contribution in [1.82, 2.24) is 0 Å². The molecular formula is C24H19ClN2O2S. The third-order valence-corrected chi connectivity index (χ3v) is 5.90. The third kappa shape index (κ3) is 4.27. The zero-order valence-electron chi connectivity index (χ0n) is 16.5. The Kier molecular flexibility index (Phi) is 5.66. The number of phenols is 1. The van der Waals surface area contributed by atoms with E-state index in [-0.39, 0.29) is 16.7 Å². The Balaban J connectivity index is 1.77. The standard InChI is InChI=1S/C24H19ClN2O2S/c1-15-3-8-18(9-4-15)26-24-27(19-10-5-16(2)6-11-19)23(29)22(30-24)14-17-7-12-21(28)20(25)13-17/h3-14,28H,1-2H3/b22-14-,26-24-. The van der Waals surface area contributed by atoms with Crippen LogP contribution in [-0.4, -0.2) is 16.2 Å². The van der Waals surface area contributed by atoms with Gasteiger partial charge in [0.05, 0.1) is 21.3 Å². The Morgan fingerprint density at radius 1 is 0.967 bits per heavy atom. The first-order valence-corrected chi connectivity index (χ1v) is 10.5. The number of aliphatic imine (C=N–C) groups is 1. The number of carbonyl (C=O) groups is 1. The highest BCUT2D eigenvalue weighted by molar-refractivity contribution is 8.19. The minimum atomic E-state index is -0.154. The van der Waals surface area contributed by atoms with Crippen LogP contribution in [0.1, 0.15) is 16.7 Å². The molecule has 0 aromatic heterocycles. The number of halogens is 1. The summed E-state index contributed by atoms with van der Waals surface area (Å²) in [7, 11) is 0. The Hall–Kier alpha value is -3.02. The summed E-state index contributed by atoms with van der Waals surface area (Å²) in [5, 5.41) is 10.5. The van der Waals surface area contributed by atoms with Crippen LogP contribution < -0.4 is 4.90 Å². The SMILES string of the molecule is Cc1ccc(/N=C2\S/C(=C\c3ccc(O)c(Cl)c3)C(=O)N2c2ccc(C)cc2)cc1. The van der Waals surface area contributed by atoms with Crippen LogP contribution in [-0.2, 0) is 4.79 Å². The topological polar surface area (TPSA) is 52.9 Å². The predicted molar refractivity (Wildman–Crippen MR) is 126 cm³/mol. The molecule has 1 aliphatic heterocycles. The Morgan fingerprint density at radius 3 is 2.23 bits per heavy atom. The van der Waals surface area contributed by atoms with Gasteiger partial charge >= 0.3 is 0 Å². The van der Waals surface area contributed by atoms with Crippen LogP contribution in [0.2, 0.25) is 5.02 Å². The summed E-state index contributed by atoms with van der Waals surface area (Å²) in [4.78, 5) is 20.2. The van der Waals surface area contributed by atoms with E-state index in [9.17, 15) is 9.90 Å². The molecule has 3 aromatic carbocycles. The molecule has 0 aliphatic carbocycles. The maximum Gasteiger partial charge on any atom is 0.271 e. The summed E-state index contributed by atoms with van der Waals surface area (Å²) in [6, 6.07) is 20.5. The Morgan fingerprint density at radius 2 is 1.60 bits per heavy atom. The summed E-state index contributed by atoms with van der Waals surface area (Å²) in [5.41, 5.74) is 4.53. The molecule has 4 nitrogen and oxygen atoms in total. The van der Waals surface area contributed by atoms with Crippen molar-refractivity contribution in [3.05, 3.63) is 93.3 Å². The lowest BCUT2D eigenvalue weighted by Gasteiger charge is -2.16. The summed E-state index contributed by atoms with van der Waals surface area (Å²) in [5.74, 6) is -0.147. The van der Waals surface area contributed by atoms with Crippen LogP contribution in [0.4, 0.5) is 11.4 Å². The summed E-state index contributed by atoms with van der Waals surface area (Å²) < 4.78 is 0. The largest absolute Gasteiger partial charge is 0.506 e. The van der Waals surface area contributed by atoms with Crippen molar-refractivity contribution in [2.45, 2.75) is 13.8 Å². The van der Waals surface area contributed by atoms with E-state index in [1.807, 2.05) is 62.4 Å². The fraction of sp³-hybridized carbons (Fsp3) is 0.0833. The molecule has 1 fully saturated rings. The number of anilines is 1. The zero-order valence-corrected chi connectivity index (χ0v) is 18.0. The first-order valence-electron chi connectivity index (χ1n) is 9.35. The van der Waals surface area contributed by atoms with E-state index in [0.29, 0.717) is 10.1 Å². The zero-order chi connectivity index (χ0) is 21.3. The minimum absolute atomic E-state index is 0.00660. The first-order chi connectivity index (χ1) is 14.4. The number of nitrogens with zero attached hydrogens (tertiary/aromatic N) is 2. The molecule has 30 heavy (non-hydrogen) atoms. The van der Waals surface area contributed by atoms with E-state index < -0.39 is 0 Å². The van der Waals surface area contributed by atoms with Crippen LogP contribution >= 0.6 is 23.4 Å². The molecule has 0 radical (unpaired) electrons. The predicted octanol–water partition coefficient (Wildman–Crippen LogP) is 6.47. The van der Waals surface area contributed by atoms with Gasteiger partial charge in [-0.1, -0.05) is 53.1 Å². The van der Waals surface area contributed by atoms with Gasteiger partial charge in [-0.25, -0.2) is 4.99 Å². The van der Waals surface area contributed by atoms with E-state index in [0.717, 1.165) is 28.1 Å². The number of hydrogen-bond acceptors (Lipinski definition) is 4. The Labute approximate surface area is 184 Å². The molecule has 1 saturated heterocycles. The van der Waals surface area contributed by atoms with Crippen LogP contribution in [0, 0.1) is 13.8 Å². The van der Waals surface area contributed by atoms with E-state index in [1.165, 1.54) is 17.8 Å². The van der Waals surface area contributed by atoms with Crippen molar-refractivity contribution in [2.24, 2.45) is 4.99 Å². The maximum atomic E-state index is 13.3. The number of amidine groups is 1. The normalized spacial score (nSPS) is 16.6. The van der Waals surface area contributed by atoms with E-state index in [1.54, 1.807) is 23.1 Å². The lowest BCUT2D eigenvalue weighted by atomic mass is 10.2. The summed E-state index contributed by atoms with van der Waals surface area (Å²) in [6.07, 6.45) is 1.76. The highest BCUT2D eigenvalue weighted by Crippen LogP contribution is 2.38. The van der Waals surface area contributed by atoms with Gasteiger partial charge in [-0.15, -0.1) is 0 Å². The monoisotopic (exact) mass is 434 g/mol. The molecule has 1 aliphatic rings. The van der Waals surface area contributed by atoms with Crippen molar-refractivity contribution in [3.8, 4) is 5.75 Å². The number of rotatable bonds is 3. The highest BCUT2D eigenvalue weighted by Gasteiger charge is 2.34. The van der Waals surface area contributed by atoms with Crippen LogP contribution in [0.25, 0.3) is 6.08 Å². The van der Waals surface area contributed by atoms with Gasteiger partial charge in [0, 0.05) is 0 Å². The number of benzene rings is 3. The third-order valence-electron chi connectivity index (χ3n) is 4.63. The number of thioether (sulfide) groups is 1. The van der Waals surface area contributed by atoms with Crippen molar-refractivity contribution >= 4 is 51.9 Å². The molecule has 0 unspecified atom stereocenters. The summed E-state index contributed by atoms with van der Waals surface area (Å²) in [6.45, 7) is 4.03. The number of aryl methyl sites for hydroxylation is 2. The van der Waals surface area contributed by atoms with Crippen LogP contribution in [0.15, 0.2) is 76.6 Å². The molecule has 1 heterocycles. The molecule has 4 rings (SSSR count). The molecule has 3 aromatic rings. The van der Waals surface area contributed by atoms with Gasteiger partial charge < -0.3 is 5.11 Å². The van der Waals surface area contributed by atoms with Gasteiger partial charge in [-0.2, -0.15) is 0 Å². The van der Waals surface area contributed by atoms with Gasteiger partial charge in [0.25, 0.3) is 5.91 Å². The average molecular weight is 435 g/mol. The lowest BCUT2D eigenvalue weighted by Crippen LogP contribution is -2.28. The fourth-order valence-electron chi connectivity index (χ4n) is 2.96. The molecular weight excluding hydrogens is 416 g/mol. The van der Waals surface area contributed by atoms with Crippen LogP contribution in [0.3, 0.4) is 0 Å². The first kappa shape index (κ1) is 20.3. The second kappa shape index (κ2) is 8.38. The molecule has 6 heteroatoms. The van der Waals surface area contributed by atoms with Gasteiger partial charge in [-0.3, -0.25) is 9.69 Å². The van der Waals surface area contributed by atoms with Crippen molar-refractivity contribution in [2.75, 3.05) is 4.90 Å². The maximum absolute atomic E-state index is 13.3. The second-order valence-corrected chi connectivity index (χ2v) is 8.44. The Bertz CT molecular complexity index is 1170. The van der Waals surface area contributed by atoms with Gasteiger partial charge in [0.2, 0.25) is 0 Å². The molecule has 1 N–H and O–H groups in total. The summed E-state index contributed by atoms with van der Waals surface area (Å²) >= 11 is 7.33. The smallest absolute Gasteiger partial charge is 0.271 e. The number of carbonyl (C=O) groups excluding carboxylic acids is 1. The van der Waals surface area contributed by atoms with Crippen LogP contribution in [0.5, 0.6) is 5.75 Å². The lowest BCUT2D eigenvalue weighted by molar-refractivity contribution is -0.113. The van der Waals surface area contributed by atoms with Gasteiger partial charge in [0.15, 0.2) is 5.17 Å². The molecule has 0 bridgehead atoms. The highest BCUT2D eigenvalue weighted by atomic mass is 35.5.